The average molecular weight is 388 g/mol. The minimum absolute atomic E-state index is 0.00476. The number of rotatable bonds is 2. The fourth-order valence-corrected chi connectivity index (χ4v) is 4.86. The third-order valence-corrected chi connectivity index (χ3v) is 6.36. The first-order chi connectivity index (χ1) is 13.2. The van der Waals surface area contributed by atoms with Crippen molar-refractivity contribution in [3.8, 4) is 0 Å². The molecule has 3 heterocycles. The van der Waals surface area contributed by atoms with Gasteiger partial charge in [-0.3, -0.25) is 4.79 Å². The predicted molar refractivity (Wildman–Crippen MR) is 105 cm³/mol. The van der Waals surface area contributed by atoms with Gasteiger partial charge in [0.1, 0.15) is 11.4 Å². The zero-order valence-electron chi connectivity index (χ0n) is 16.3. The predicted octanol–water partition coefficient (Wildman–Crippen LogP) is 2.80. The Balaban J connectivity index is 1.99. The van der Waals surface area contributed by atoms with E-state index >= 15 is 4.39 Å². The molecule has 1 fully saturated rings. The summed E-state index contributed by atoms with van der Waals surface area (Å²) in [5, 5.41) is 19.8. The normalized spacial score (nSPS) is 27.2. The summed E-state index contributed by atoms with van der Waals surface area (Å²) in [4.78, 5) is 26.2. The van der Waals surface area contributed by atoms with Crippen LogP contribution in [-0.4, -0.2) is 39.9 Å². The molecule has 0 amide bonds. The summed E-state index contributed by atoms with van der Waals surface area (Å²) in [7, 11) is 0. The Labute approximate surface area is 162 Å². The second kappa shape index (κ2) is 6.58. The van der Waals surface area contributed by atoms with E-state index in [1.165, 1.54) is 12.3 Å². The molecule has 6 nitrogen and oxygen atoms in total. The number of carboxylic acids is 1. The zero-order chi connectivity index (χ0) is 20.3. The molecule has 2 aliphatic rings. The van der Waals surface area contributed by atoms with Crippen LogP contribution in [0.15, 0.2) is 17.1 Å². The molecule has 7 heteroatoms. The second-order valence-electron chi connectivity index (χ2n) is 8.40. The van der Waals surface area contributed by atoms with E-state index in [1.54, 1.807) is 0 Å². The quantitative estimate of drug-likeness (QED) is 0.827. The summed E-state index contributed by atoms with van der Waals surface area (Å²) < 4.78 is 17.1. The Hall–Kier alpha value is -2.41. The van der Waals surface area contributed by atoms with Gasteiger partial charge in [0.2, 0.25) is 5.43 Å². The third-order valence-electron chi connectivity index (χ3n) is 6.36. The topological polar surface area (TPSA) is 82.8 Å². The number of hydrogen-bond acceptors (Lipinski definition) is 4. The van der Waals surface area contributed by atoms with Crippen LogP contribution in [0.3, 0.4) is 0 Å². The molecule has 4 rings (SSSR count). The van der Waals surface area contributed by atoms with Gasteiger partial charge >= 0.3 is 5.97 Å². The number of carbonyl (C=O) groups is 1. The molecule has 0 spiro atoms. The number of aryl methyl sites for hydroxylation is 1. The molecular weight excluding hydrogens is 363 g/mol. The molecule has 2 aliphatic heterocycles. The van der Waals surface area contributed by atoms with Gasteiger partial charge in [-0.2, -0.15) is 0 Å². The summed E-state index contributed by atoms with van der Waals surface area (Å²) in [6.45, 7) is 6.95. The van der Waals surface area contributed by atoms with Crippen molar-refractivity contribution in [1.82, 2.24) is 4.57 Å². The van der Waals surface area contributed by atoms with Gasteiger partial charge < -0.3 is 19.7 Å². The maximum absolute atomic E-state index is 15.3. The molecule has 28 heavy (non-hydrogen) atoms. The molecule has 150 valence electrons. The van der Waals surface area contributed by atoms with Gasteiger partial charge in [0.15, 0.2) is 0 Å². The van der Waals surface area contributed by atoms with Crippen molar-refractivity contribution < 1.29 is 19.4 Å². The summed E-state index contributed by atoms with van der Waals surface area (Å²) >= 11 is 0. The van der Waals surface area contributed by atoms with E-state index in [0.717, 1.165) is 12.0 Å². The molecule has 0 saturated carbocycles. The van der Waals surface area contributed by atoms with E-state index in [9.17, 15) is 19.8 Å². The fraction of sp³-hybridized carbons (Fsp3) is 0.524. The Morgan fingerprint density at radius 2 is 1.86 bits per heavy atom. The van der Waals surface area contributed by atoms with Crippen molar-refractivity contribution >= 4 is 22.6 Å². The van der Waals surface area contributed by atoms with Gasteiger partial charge in [0.25, 0.3) is 0 Å². The minimum atomic E-state index is -1.30. The molecule has 2 aromatic rings. The van der Waals surface area contributed by atoms with E-state index in [-0.39, 0.29) is 28.8 Å². The van der Waals surface area contributed by atoms with Crippen molar-refractivity contribution in [2.45, 2.75) is 45.8 Å². The second-order valence-corrected chi connectivity index (χ2v) is 8.40. The number of nitrogens with zero attached hydrogens (tertiary/aromatic N) is 2. The standard InChI is InChI=1S/C21H25FN2O4/c1-10-7-23(8-11(2)19(10)25)18-13-5-4-12(3)24-9-15(21(27)28)20(26)14(17(13)24)6-16(18)22/h6,9-12,19,25H,4-5,7-8H2,1-3H3,(H,27,28)/t10-,11+,12-,19?/m0/s1. The SMILES string of the molecule is C[C@@H]1CN(c2c(F)cc3c(=O)c(C(=O)O)cn4c3c2CC[C@@H]4C)C[C@H](C)C1O. The van der Waals surface area contributed by atoms with Crippen LogP contribution >= 0.6 is 0 Å². The van der Waals surface area contributed by atoms with E-state index < -0.39 is 23.3 Å². The maximum Gasteiger partial charge on any atom is 0.341 e. The lowest BCUT2D eigenvalue weighted by Gasteiger charge is -2.42. The fourth-order valence-electron chi connectivity index (χ4n) is 4.86. The highest BCUT2D eigenvalue weighted by Crippen LogP contribution is 2.39. The lowest BCUT2D eigenvalue weighted by Crippen LogP contribution is -2.48. The first-order valence-corrected chi connectivity index (χ1v) is 9.77. The number of benzene rings is 1. The van der Waals surface area contributed by atoms with Crippen molar-refractivity contribution in [2.75, 3.05) is 18.0 Å². The van der Waals surface area contributed by atoms with E-state index in [4.69, 9.17) is 0 Å². The van der Waals surface area contributed by atoms with Crippen LogP contribution in [-0.2, 0) is 6.42 Å². The van der Waals surface area contributed by atoms with Crippen molar-refractivity contribution in [1.29, 1.82) is 0 Å². The van der Waals surface area contributed by atoms with Crippen molar-refractivity contribution in [2.24, 2.45) is 11.8 Å². The highest BCUT2D eigenvalue weighted by Gasteiger charge is 2.34. The number of halogens is 1. The number of carboxylic acid groups (broad SMARTS) is 1. The van der Waals surface area contributed by atoms with Gasteiger partial charge in [-0.25, -0.2) is 9.18 Å². The van der Waals surface area contributed by atoms with E-state index in [2.05, 4.69) is 0 Å². The third kappa shape index (κ3) is 2.71. The molecule has 0 radical (unpaired) electrons. The first-order valence-electron chi connectivity index (χ1n) is 9.77. The number of aliphatic hydroxyl groups excluding tert-OH is 1. The van der Waals surface area contributed by atoms with Crippen molar-refractivity contribution in [3.05, 3.63) is 39.4 Å². The summed E-state index contributed by atoms with van der Waals surface area (Å²) in [6, 6.07) is 1.21. The summed E-state index contributed by atoms with van der Waals surface area (Å²) in [5.41, 5.74) is 0.911. The number of aromatic carboxylic acids is 1. The monoisotopic (exact) mass is 388 g/mol. The van der Waals surface area contributed by atoms with Crippen LogP contribution in [0.5, 0.6) is 0 Å². The van der Waals surface area contributed by atoms with Crippen LogP contribution in [0.1, 0.15) is 49.2 Å². The molecule has 1 unspecified atom stereocenters. The van der Waals surface area contributed by atoms with Crippen LogP contribution in [0.2, 0.25) is 0 Å². The Kier molecular flexibility index (Phi) is 4.45. The van der Waals surface area contributed by atoms with Crippen LogP contribution < -0.4 is 10.3 Å². The molecule has 1 saturated heterocycles. The van der Waals surface area contributed by atoms with Crippen LogP contribution in [0.4, 0.5) is 10.1 Å². The first kappa shape index (κ1) is 18.9. The van der Waals surface area contributed by atoms with Gasteiger partial charge in [-0.1, -0.05) is 13.8 Å². The van der Waals surface area contributed by atoms with E-state index in [1.807, 2.05) is 30.2 Å². The van der Waals surface area contributed by atoms with Gasteiger partial charge in [0, 0.05) is 36.3 Å². The Morgan fingerprint density at radius 3 is 2.46 bits per heavy atom. The summed E-state index contributed by atoms with van der Waals surface area (Å²) in [5.74, 6) is -1.79. The van der Waals surface area contributed by atoms with Crippen LogP contribution in [0.25, 0.3) is 10.9 Å². The zero-order valence-corrected chi connectivity index (χ0v) is 16.3. The molecule has 1 aromatic heterocycles. The lowest BCUT2D eigenvalue weighted by atomic mass is 9.86. The molecule has 0 bridgehead atoms. The molecule has 1 aromatic carbocycles. The number of aliphatic hydroxyl groups is 1. The van der Waals surface area contributed by atoms with Crippen LogP contribution in [0, 0.1) is 17.7 Å². The number of hydrogen-bond donors (Lipinski definition) is 2. The van der Waals surface area contributed by atoms with Crippen molar-refractivity contribution in [3.63, 3.8) is 0 Å². The number of aromatic nitrogens is 1. The van der Waals surface area contributed by atoms with E-state index in [0.29, 0.717) is 30.7 Å². The number of pyridine rings is 1. The lowest BCUT2D eigenvalue weighted by molar-refractivity contribution is 0.0527. The highest BCUT2D eigenvalue weighted by molar-refractivity contribution is 5.95. The highest BCUT2D eigenvalue weighted by atomic mass is 19.1. The Bertz CT molecular complexity index is 1020. The Morgan fingerprint density at radius 1 is 1.21 bits per heavy atom. The van der Waals surface area contributed by atoms with Gasteiger partial charge in [0.05, 0.1) is 17.3 Å². The molecular formula is C21H25FN2O4. The molecule has 4 atom stereocenters. The number of anilines is 1. The smallest absolute Gasteiger partial charge is 0.341 e. The van der Waals surface area contributed by atoms with Gasteiger partial charge in [-0.05, 0) is 37.7 Å². The minimum Gasteiger partial charge on any atom is -0.477 e. The summed E-state index contributed by atoms with van der Waals surface area (Å²) in [6.07, 6.45) is 2.33. The number of piperidine rings is 1. The molecule has 0 aliphatic carbocycles. The molecule has 2 N–H and O–H groups in total. The van der Waals surface area contributed by atoms with Gasteiger partial charge in [-0.15, -0.1) is 0 Å². The average Bonchev–Trinajstić information content (AvgIpc) is 2.63. The maximum atomic E-state index is 15.3. The largest absolute Gasteiger partial charge is 0.477 e.